The molecule has 236 valence electrons. The van der Waals surface area contributed by atoms with Crippen molar-refractivity contribution in [3.05, 3.63) is 89.6 Å². The largest absolute Gasteiger partial charge is 0.454 e. The summed E-state index contributed by atoms with van der Waals surface area (Å²) in [6, 6.07) is 16.4. The van der Waals surface area contributed by atoms with Crippen LogP contribution in [0, 0.1) is 12.7 Å². The standard InChI is InChI=1S/C20H22FNO2.C9H9N3O.CH2F2O.CH3NO/c1-14-8-9-19(18(21)11-14)24-17-7-3-6-16(12-17)13-20(23)22-10-4-5-15(22)2;13-6-11-5-8-3-7-4-10-2-1-9(7)12-8;2-1(3)4;2-1-3/h3,6-9,11-12,15H,4-5,10,13H2,1-2H3;1-4,6,12H,5H2,(H,11,13);1,4H;1H,(H2,2,3). The van der Waals surface area contributed by atoms with Gasteiger partial charge in [-0.2, -0.15) is 8.78 Å². The summed E-state index contributed by atoms with van der Waals surface area (Å²) in [5.74, 6) is 0.482. The minimum absolute atomic E-state index is 0.138. The highest BCUT2D eigenvalue weighted by Gasteiger charge is 2.24. The molecule has 5 rings (SSSR count). The van der Waals surface area contributed by atoms with Gasteiger partial charge in [0.25, 0.3) is 0 Å². The Morgan fingerprint density at radius 2 is 1.95 bits per heavy atom. The molecule has 0 radical (unpaired) electrons. The SMILES string of the molecule is Cc1ccc(Oc2cccc(CC(=O)N3CCCC3C)c2)c(F)c1.NC=O.O=CNCc1cc2cnccc2[nH]1.OC(F)F. The second-order valence-electron chi connectivity index (χ2n) is 9.61. The molecule has 13 heteroatoms. The molecule has 1 saturated heterocycles. The lowest BCUT2D eigenvalue weighted by Gasteiger charge is -2.21. The van der Waals surface area contributed by atoms with E-state index in [1.807, 2.05) is 36.1 Å². The van der Waals surface area contributed by atoms with Gasteiger partial charge in [-0.25, -0.2) is 4.39 Å². The smallest absolute Gasteiger partial charge is 0.342 e. The minimum atomic E-state index is -3.17. The number of aliphatic hydroxyl groups is 1. The number of primary amides is 1. The number of halogens is 3. The number of H-pyrrole nitrogens is 1. The Bertz CT molecular complexity index is 1450. The molecule has 1 unspecified atom stereocenters. The summed E-state index contributed by atoms with van der Waals surface area (Å²) < 4.78 is 39.3. The highest BCUT2D eigenvalue weighted by atomic mass is 19.3. The van der Waals surface area contributed by atoms with Gasteiger partial charge in [0.1, 0.15) is 5.75 Å². The third kappa shape index (κ3) is 12.1. The number of likely N-dealkylation sites (tertiary alicyclic amines) is 1. The molecule has 0 spiro atoms. The first-order valence-corrected chi connectivity index (χ1v) is 13.6. The summed E-state index contributed by atoms with van der Waals surface area (Å²) in [6.07, 6.45) is 6.94. The van der Waals surface area contributed by atoms with Crippen LogP contribution in [0.15, 0.2) is 67.0 Å². The van der Waals surface area contributed by atoms with E-state index in [-0.39, 0.29) is 23.9 Å². The number of carbonyl (C=O) groups is 3. The van der Waals surface area contributed by atoms with E-state index in [0.29, 0.717) is 31.2 Å². The van der Waals surface area contributed by atoms with Crippen molar-refractivity contribution in [3.8, 4) is 11.5 Å². The number of amides is 3. The number of aromatic amines is 1. The highest BCUT2D eigenvalue weighted by Crippen LogP contribution is 2.26. The van der Waals surface area contributed by atoms with Gasteiger partial charge in [0.2, 0.25) is 18.7 Å². The fourth-order valence-electron chi connectivity index (χ4n) is 4.39. The normalized spacial score (nSPS) is 13.4. The van der Waals surface area contributed by atoms with Crippen LogP contribution in [0.3, 0.4) is 0 Å². The number of ether oxygens (including phenoxy) is 1. The molecule has 5 N–H and O–H groups in total. The van der Waals surface area contributed by atoms with E-state index >= 15 is 0 Å². The molecule has 2 aromatic heterocycles. The predicted molar refractivity (Wildman–Crippen MR) is 159 cm³/mol. The maximum Gasteiger partial charge on any atom is 0.342 e. The van der Waals surface area contributed by atoms with Crippen molar-refractivity contribution in [2.24, 2.45) is 5.73 Å². The zero-order chi connectivity index (χ0) is 32.5. The molecule has 10 nitrogen and oxygen atoms in total. The van der Waals surface area contributed by atoms with Crippen molar-refractivity contribution in [3.63, 3.8) is 0 Å². The van der Waals surface area contributed by atoms with Crippen LogP contribution < -0.4 is 15.8 Å². The molecular weight excluding hydrogens is 579 g/mol. The Morgan fingerprint density at radius 1 is 1.23 bits per heavy atom. The molecule has 1 fully saturated rings. The van der Waals surface area contributed by atoms with Gasteiger partial charge in [0.05, 0.1) is 13.0 Å². The number of rotatable bonds is 7. The molecule has 4 aromatic rings. The minimum Gasteiger partial charge on any atom is -0.454 e. The number of benzene rings is 2. The predicted octanol–water partition coefficient (Wildman–Crippen LogP) is 4.59. The number of aryl methyl sites for hydroxylation is 1. The molecular formula is C31H36F3N5O5. The second kappa shape index (κ2) is 18.6. The van der Waals surface area contributed by atoms with Gasteiger partial charge >= 0.3 is 6.61 Å². The van der Waals surface area contributed by atoms with Crippen LogP contribution in [0.1, 0.15) is 36.6 Å². The van der Waals surface area contributed by atoms with Crippen molar-refractivity contribution in [1.82, 2.24) is 20.2 Å². The molecule has 1 aliphatic heterocycles. The summed E-state index contributed by atoms with van der Waals surface area (Å²) in [4.78, 5) is 40.2. The summed E-state index contributed by atoms with van der Waals surface area (Å²) in [5.41, 5.74) is 7.91. The van der Waals surface area contributed by atoms with E-state index in [2.05, 4.69) is 27.9 Å². The maximum absolute atomic E-state index is 13.9. The molecule has 3 amide bonds. The summed E-state index contributed by atoms with van der Waals surface area (Å²) >= 11 is 0. The number of pyridine rings is 1. The van der Waals surface area contributed by atoms with Crippen LogP contribution in [-0.2, 0) is 27.3 Å². The maximum atomic E-state index is 13.9. The van der Waals surface area contributed by atoms with Crippen molar-refractivity contribution in [1.29, 1.82) is 0 Å². The first-order chi connectivity index (χ1) is 21.1. The van der Waals surface area contributed by atoms with E-state index in [4.69, 9.17) is 14.6 Å². The fourth-order valence-corrected chi connectivity index (χ4v) is 4.39. The average molecular weight is 616 g/mol. The Balaban J connectivity index is 0.000000281. The third-order valence-corrected chi connectivity index (χ3v) is 6.30. The first-order valence-electron chi connectivity index (χ1n) is 13.6. The van der Waals surface area contributed by atoms with Gasteiger partial charge in [0, 0.05) is 41.6 Å². The topological polar surface area (TPSA) is 151 Å². The Kier molecular flexibility index (Phi) is 14.9. The lowest BCUT2D eigenvalue weighted by Crippen LogP contribution is -2.34. The van der Waals surface area contributed by atoms with Gasteiger partial charge in [-0.05, 0) is 74.2 Å². The van der Waals surface area contributed by atoms with Crippen LogP contribution in [-0.4, -0.2) is 57.9 Å². The second-order valence-corrected chi connectivity index (χ2v) is 9.61. The number of carbonyl (C=O) groups excluding carboxylic acids is 3. The molecule has 1 atom stereocenters. The summed E-state index contributed by atoms with van der Waals surface area (Å²) in [6.45, 7) is 2.12. The molecule has 2 aromatic carbocycles. The Morgan fingerprint density at radius 3 is 2.57 bits per heavy atom. The highest BCUT2D eigenvalue weighted by molar-refractivity contribution is 5.80. The van der Waals surface area contributed by atoms with Crippen LogP contribution in [0.5, 0.6) is 11.5 Å². The molecule has 44 heavy (non-hydrogen) atoms. The third-order valence-electron chi connectivity index (χ3n) is 6.30. The van der Waals surface area contributed by atoms with E-state index in [0.717, 1.165) is 47.1 Å². The lowest BCUT2D eigenvalue weighted by atomic mass is 10.1. The number of nitrogens with one attached hydrogen (secondary N) is 2. The van der Waals surface area contributed by atoms with Crippen molar-refractivity contribution in [2.75, 3.05) is 6.54 Å². The van der Waals surface area contributed by atoms with E-state index in [9.17, 15) is 22.8 Å². The monoisotopic (exact) mass is 615 g/mol. The summed E-state index contributed by atoms with van der Waals surface area (Å²) in [5, 5.41) is 10.4. The Labute approximate surface area is 253 Å². The van der Waals surface area contributed by atoms with Gasteiger partial charge in [-0.3, -0.25) is 19.4 Å². The van der Waals surface area contributed by atoms with Crippen LogP contribution in [0.2, 0.25) is 0 Å². The summed E-state index contributed by atoms with van der Waals surface area (Å²) in [7, 11) is 0. The number of fused-ring (bicyclic) bond motifs is 1. The molecule has 1 aliphatic rings. The molecule has 0 saturated carbocycles. The number of hydrogen-bond acceptors (Lipinski definition) is 6. The molecule has 0 bridgehead atoms. The molecule has 3 heterocycles. The van der Waals surface area contributed by atoms with Crippen LogP contribution in [0.25, 0.3) is 10.9 Å². The zero-order valence-electron chi connectivity index (χ0n) is 24.4. The van der Waals surface area contributed by atoms with E-state index in [1.165, 1.54) is 6.07 Å². The Hall–Kier alpha value is -4.91. The van der Waals surface area contributed by atoms with Crippen molar-refractivity contribution in [2.45, 2.75) is 52.3 Å². The van der Waals surface area contributed by atoms with E-state index in [1.54, 1.807) is 36.7 Å². The van der Waals surface area contributed by atoms with Crippen molar-refractivity contribution >= 4 is 29.6 Å². The molecule has 0 aliphatic carbocycles. The van der Waals surface area contributed by atoms with Gasteiger partial charge in [0.15, 0.2) is 11.6 Å². The number of nitrogens with two attached hydrogens (primary N) is 1. The number of aromatic nitrogens is 2. The number of alkyl halides is 2. The van der Waals surface area contributed by atoms with Crippen molar-refractivity contribution < 1.29 is 37.4 Å². The number of nitrogens with zero attached hydrogens (tertiary/aromatic N) is 2. The average Bonchev–Trinajstić information content (AvgIpc) is 3.60. The zero-order valence-corrected chi connectivity index (χ0v) is 24.4. The number of hydrogen-bond donors (Lipinski definition) is 4. The van der Waals surface area contributed by atoms with Gasteiger partial charge < -0.3 is 30.8 Å². The van der Waals surface area contributed by atoms with Gasteiger partial charge in [-0.1, -0.05) is 18.2 Å². The van der Waals surface area contributed by atoms with Crippen LogP contribution >= 0.6 is 0 Å². The van der Waals surface area contributed by atoms with Gasteiger partial charge in [-0.15, -0.1) is 0 Å². The first kappa shape index (κ1) is 35.3. The van der Waals surface area contributed by atoms with E-state index < -0.39 is 6.61 Å². The fraction of sp³-hybridized carbons (Fsp3) is 0.290. The van der Waals surface area contributed by atoms with Crippen LogP contribution in [0.4, 0.5) is 13.2 Å². The number of aliphatic hydroxyl groups excluding tert-OH is 1. The lowest BCUT2D eigenvalue weighted by molar-refractivity contribution is -0.131. The quantitative estimate of drug-likeness (QED) is 0.223.